The second-order valence-corrected chi connectivity index (χ2v) is 2.56. The molecular formula is C5H10CeO2. The molecule has 0 aliphatic carbocycles. The Kier molecular flexibility index (Phi) is 5.51. The van der Waals surface area contributed by atoms with Crippen LogP contribution in [0.4, 0.5) is 0 Å². The number of hydrogen-bond donors (Lipinski definition) is 1. The van der Waals surface area contributed by atoms with Gasteiger partial charge in [0.25, 0.3) is 0 Å². The van der Waals surface area contributed by atoms with Gasteiger partial charge in [-0.25, -0.2) is 0 Å². The molecule has 0 amide bonds. The summed E-state index contributed by atoms with van der Waals surface area (Å²) in [6.45, 7) is 4.99. The van der Waals surface area contributed by atoms with Gasteiger partial charge in [0.1, 0.15) is 0 Å². The first kappa shape index (κ1) is 11.6. The van der Waals surface area contributed by atoms with Crippen LogP contribution < -0.4 is 0 Å². The molecule has 0 saturated heterocycles. The van der Waals surface area contributed by atoms with Crippen LogP contribution in [0, 0.1) is 47.2 Å². The number of rotatable bonds is 0. The van der Waals surface area contributed by atoms with E-state index in [0.717, 1.165) is 0 Å². The Morgan fingerprint density at radius 3 is 1.50 bits per heavy atom. The van der Waals surface area contributed by atoms with Crippen molar-refractivity contribution < 1.29 is 51.6 Å². The zero-order valence-electron chi connectivity index (χ0n) is 5.36. The van der Waals surface area contributed by atoms with Crippen LogP contribution in [-0.2, 0) is 4.79 Å². The molecule has 0 aromatic rings. The molecule has 2 nitrogen and oxygen atoms in total. The first-order valence-electron chi connectivity index (χ1n) is 2.18. The normalized spacial score (nSPS) is 9.88. The summed E-state index contributed by atoms with van der Waals surface area (Å²) in [5.41, 5.74) is -0.583. The largest absolute Gasteiger partial charge is 0.481 e. The molecule has 1 N–H and O–H groups in total. The molecule has 0 aliphatic heterocycles. The molecule has 0 aromatic heterocycles. The smallest absolute Gasteiger partial charge is 0.308 e. The van der Waals surface area contributed by atoms with E-state index in [9.17, 15) is 4.79 Å². The van der Waals surface area contributed by atoms with Crippen molar-refractivity contribution in [1.29, 1.82) is 0 Å². The minimum absolute atomic E-state index is 0. The van der Waals surface area contributed by atoms with Gasteiger partial charge >= 0.3 is 5.97 Å². The molecule has 0 heterocycles. The fourth-order valence-electron chi connectivity index (χ4n) is 0. The Bertz CT molecular complexity index is 82.9. The average Bonchev–Trinajstić information content (AvgIpc) is 1.31. The van der Waals surface area contributed by atoms with Crippen LogP contribution in [0.3, 0.4) is 0 Å². The third-order valence-electron chi connectivity index (χ3n) is 0.642. The van der Waals surface area contributed by atoms with Crippen LogP contribution in [0.1, 0.15) is 20.8 Å². The molecule has 8 heavy (non-hydrogen) atoms. The van der Waals surface area contributed by atoms with Gasteiger partial charge in [0.2, 0.25) is 0 Å². The number of carbonyl (C=O) groups is 1. The average molecular weight is 242 g/mol. The van der Waals surface area contributed by atoms with Gasteiger partial charge in [-0.15, -0.1) is 0 Å². The standard InChI is InChI=1S/C5H10O2.Ce/c1-5(2,3)4(6)7;/h1-3H3,(H,6,7);. The molecule has 0 unspecified atom stereocenters. The number of aliphatic carboxylic acids is 1. The SMILES string of the molecule is CC(C)(C)C(=O)O.[Ce]. The van der Waals surface area contributed by atoms with Gasteiger partial charge in [0, 0.05) is 41.7 Å². The van der Waals surface area contributed by atoms with E-state index < -0.39 is 11.4 Å². The molecule has 0 rings (SSSR count). The van der Waals surface area contributed by atoms with Gasteiger partial charge in [-0.05, 0) is 20.8 Å². The van der Waals surface area contributed by atoms with E-state index in [4.69, 9.17) is 5.11 Å². The first-order chi connectivity index (χ1) is 2.94. The van der Waals surface area contributed by atoms with E-state index in [0.29, 0.717) is 0 Å². The topological polar surface area (TPSA) is 37.3 Å². The number of carboxylic acids is 1. The summed E-state index contributed by atoms with van der Waals surface area (Å²) in [5.74, 6) is -0.757. The van der Waals surface area contributed by atoms with Crippen LogP contribution >= 0.6 is 0 Å². The van der Waals surface area contributed by atoms with Crippen molar-refractivity contribution in [2.24, 2.45) is 5.41 Å². The summed E-state index contributed by atoms with van der Waals surface area (Å²) in [6.07, 6.45) is 0. The van der Waals surface area contributed by atoms with Crippen LogP contribution in [0.15, 0.2) is 0 Å². The van der Waals surface area contributed by atoms with Crippen LogP contribution in [0.2, 0.25) is 0 Å². The zero-order chi connectivity index (χ0) is 6.08. The first-order valence-corrected chi connectivity index (χ1v) is 2.18. The zero-order valence-corrected chi connectivity index (χ0v) is 8.50. The van der Waals surface area contributed by atoms with Crippen molar-refractivity contribution in [3.8, 4) is 0 Å². The van der Waals surface area contributed by atoms with Crippen molar-refractivity contribution in [1.82, 2.24) is 0 Å². The molecule has 0 radical (unpaired) electrons. The van der Waals surface area contributed by atoms with Gasteiger partial charge < -0.3 is 5.11 Å². The third-order valence-corrected chi connectivity index (χ3v) is 0.642. The molecule has 0 saturated carbocycles. The second kappa shape index (κ2) is 3.79. The molecule has 3 heteroatoms. The van der Waals surface area contributed by atoms with Crippen LogP contribution in [0.25, 0.3) is 0 Å². The number of hydrogen-bond acceptors (Lipinski definition) is 1. The van der Waals surface area contributed by atoms with Gasteiger partial charge in [-0.3, -0.25) is 4.79 Å². The molecule has 0 bridgehead atoms. The van der Waals surface area contributed by atoms with Gasteiger partial charge in [-0.2, -0.15) is 0 Å². The summed E-state index contributed by atoms with van der Waals surface area (Å²) in [6, 6.07) is 0. The maximum Gasteiger partial charge on any atom is 0.308 e. The molecular weight excluding hydrogens is 232 g/mol. The fourth-order valence-corrected chi connectivity index (χ4v) is 0. The predicted molar refractivity (Wildman–Crippen MR) is 27.1 cm³/mol. The van der Waals surface area contributed by atoms with Crippen LogP contribution in [-0.4, -0.2) is 11.1 Å². The Balaban J connectivity index is 0. The molecule has 0 aliphatic rings. The summed E-state index contributed by atoms with van der Waals surface area (Å²) in [4.78, 5) is 10.0. The van der Waals surface area contributed by atoms with Crippen molar-refractivity contribution in [2.75, 3.05) is 0 Å². The van der Waals surface area contributed by atoms with E-state index >= 15 is 0 Å². The van der Waals surface area contributed by atoms with Crippen molar-refractivity contribution in [3.05, 3.63) is 0 Å². The fraction of sp³-hybridized carbons (Fsp3) is 0.800. The maximum absolute atomic E-state index is 10.0. The second-order valence-electron chi connectivity index (χ2n) is 2.56. The van der Waals surface area contributed by atoms with Crippen molar-refractivity contribution >= 4 is 5.97 Å². The van der Waals surface area contributed by atoms with Gasteiger partial charge in [0.15, 0.2) is 0 Å². The quantitative estimate of drug-likeness (QED) is 0.691. The number of carboxylic acid groups (broad SMARTS) is 1. The Hall–Kier alpha value is 0.847. The van der Waals surface area contributed by atoms with E-state index in [-0.39, 0.29) is 41.7 Å². The molecule has 0 fully saturated rings. The minimum atomic E-state index is -0.757. The molecule has 0 atom stereocenters. The van der Waals surface area contributed by atoms with Gasteiger partial charge in [0.05, 0.1) is 5.41 Å². The summed E-state index contributed by atoms with van der Waals surface area (Å²) in [5, 5.41) is 8.25. The predicted octanol–water partition coefficient (Wildman–Crippen LogP) is 1.12. The monoisotopic (exact) mass is 242 g/mol. The Morgan fingerprint density at radius 1 is 1.38 bits per heavy atom. The molecule has 0 aromatic carbocycles. The van der Waals surface area contributed by atoms with E-state index in [2.05, 4.69) is 0 Å². The molecule has 0 spiro atoms. The summed E-state index contributed by atoms with van der Waals surface area (Å²) in [7, 11) is 0. The van der Waals surface area contributed by atoms with Gasteiger partial charge in [-0.1, -0.05) is 0 Å². The Morgan fingerprint density at radius 2 is 1.50 bits per heavy atom. The summed E-state index contributed by atoms with van der Waals surface area (Å²) >= 11 is 0. The van der Waals surface area contributed by atoms with E-state index in [1.54, 1.807) is 20.8 Å². The summed E-state index contributed by atoms with van der Waals surface area (Å²) < 4.78 is 0. The minimum Gasteiger partial charge on any atom is -0.481 e. The van der Waals surface area contributed by atoms with Crippen molar-refractivity contribution in [3.63, 3.8) is 0 Å². The third kappa shape index (κ3) is 4.99. The van der Waals surface area contributed by atoms with E-state index in [1.165, 1.54) is 0 Å². The van der Waals surface area contributed by atoms with E-state index in [1.807, 2.05) is 0 Å². The Labute approximate surface area is 83.0 Å². The maximum atomic E-state index is 10.0. The van der Waals surface area contributed by atoms with Crippen molar-refractivity contribution in [2.45, 2.75) is 20.8 Å². The molecule has 46 valence electrons. The van der Waals surface area contributed by atoms with Crippen LogP contribution in [0.5, 0.6) is 0 Å².